The molecule has 0 unspecified atom stereocenters. The standard InChI is InChI=1S/C21H27N5O3/c1-13(19(27)26-11-9-21(7-8-21)10-12-26)22-20-25-24-18(29-20)15-5-6-16(14-3-4-14)23-17(15)28-2/h5-6,13-14H,3-4,7-12H2,1-2H3,(H,22,25)/t13-/m1/s1. The fourth-order valence-electron chi connectivity index (χ4n) is 4.17. The second kappa shape index (κ2) is 7.00. The van der Waals surface area contributed by atoms with Gasteiger partial charge in [-0.25, -0.2) is 4.98 Å². The number of piperidine rings is 1. The molecular formula is C21H27N5O3. The van der Waals surface area contributed by atoms with Crippen LogP contribution in [-0.4, -0.2) is 52.2 Å². The lowest BCUT2D eigenvalue weighted by molar-refractivity contribution is -0.133. The van der Waals surface area contributed by atoms with E-state index >= 15 is 0 Å². The largest absolute Gasteiger partial charge is 0.480 e. The molecule has 1 spiro atoms. The lowest BCUT2D eigenvalue weighted by atomic mass is 9.93. The van der Waals surface area contributed by atoms with Crippen LogP contribution in [0.5, 0.6) is 5.88 Å². The van der Waals surface area contributed by atoms with Gasteiger partial charge in [-0.3, -0.25) is 4.79 Å². The molecule has 8 nitrogen and oxygen atoms in total. The smallest absolute Gasteiger partial charge is 0.316 e. The molecular weight excluding hydrogens is 370 g/mol. The van der Waals surface area contributed by atoms with Crippen molar-refractivity contribution in [1.82, 2.24) is 20.1 Å². The third-order valence-corrected chi connectivity index (χ3v) is 6.53. The summed E-state index contributed by atoms with van der Waals surface area (Å²) in [7, 11) is 1.59. The summed E-state index contributed by atoms with van der Waals surface area (Å²) in [6.45, 7) is 3.52. The highest BCUT2D eigenvalue weighted by Gasteiger charge is 2.45. The van der Waals surface area contributed by atoms with E-state index < -0.39 is 6.04 Å². The monoisotopic (exact) mass is 397 g/mol. The van der Waals surface area contributed by atoms with E-state index in [2.05, 4.69) is 20.5 Å². The highest BCUT2D eigenvalue weighted by molar-refractivity contribution is 5.83. The first-order valence-electron chi connectivity index (χ1n) is 10.5. The molecule has 2 aromatic heterocycles. The van der Waals surface area contributed by atoms with Gasteiger partial charge in [0, 0.05) is 24.7 Å². The van der Waals surface area contributed by atoms with Crippen molar-refractivity contribution in [3.8, 4) is 17.3 Å². The van der Waals surface area contributed by atoms with E-state index in [-0.39, 0.29) is 11.9 Å². The molecule has 1 N–H and O–H groups in total. The zero-order chi connectivity index (χ0) is 20.0. The molecule has 0 radical (unpaired) electrons. The van der Waals surface area contributed by atoms with E-state index in [4.69, 9.17) is 9.15 Å². The summed E-state index contributed by atoms with van der Waals surface area (Å²) < 4.78 is 11.2. The third-order valence-electron chi connectivity index (χ3n) is 6.53. The predicted molar refractivity (Wildman–Crippen MR) is 107 cm³/mol. The number of aromatic nitrogens is 3. The lowest BCUT2D eigenvalue weighted by Crippen LogP contribution is -2.45. The summed E-state index contributed by atoms with van der Waals surface area (Å²) >= 11 is 0. The molecule has 1 aliphatic heterocycles. The van der Waals surface area contributed by atoms with E-state index in [1.54, 1.807) is 7.11 Å². The van der Waals surface area contributed by atoms with Gasteiger partial charge in [0.15, 0.2) is 0 Å². The van der Waals surface area contributed by atoms with Crippen LogP contribution in [0.4, 0.5) is 6.01 Å². The summed E-state index contributed by atoms with van der Waals surface area (Å²) in [5, 5.41) is 11.2. The zero-order valence-corrected chi connectivity index (χ0v) is 17.0. The van der Waals surface area contributed by atoms with Crippen molar-refractivity contribution in [2.24, 2.45) is 5.41 Å². The molecule has 2 aromatic rings. The lowest BCUT2D eigenvalue weighted by Gasteiger charge is -2.33. The number of pyridine rings is 1. The maximum absolute atomic E-state index is 12.8. The van der Waals surface area contributed by atoms with Gasteiger partial charge in [-0.1, -0.05) is 5.10 Å². The Hall–Kier alpha value is -2.64. The second-order valence-electron chi connectivity index (χ2n) is 8.67. The molecule has 2 aliphatic carbocycles. The number of hydrogen-bond acceptors (Lipinski definition) is 7. The normalized spacial score (nSPS) is 21.1. The molecule has 3 fully saturated rings. The third kappa shape index (κ3) is 3.68. The average molecular weight is 397 g/mol. The van der Waals surface area contributed by atoms with E-state index in [0.29, 0.717) is 28.7 Å². The van der Waals surface area contributed by atoms with E-state index in [1.165, 1.54) is 25.7 Å². The molecule has 29 heavy (non-hydrogen) atoms. The predicted octanol–water partition coefficient (Wildman–Crippen LogP) is 3.22. The van der Waals surface area contributed by atoms with Gasteiger partial charge < -0.3 is 19.4 Å². The highest BCUT2D eigenvalue weighted by Crippen LogP contribution is 2.53. The molecule has 3 aliphatic rings. The Kier molecular flexibility index (Phi) is 4.44. The van der Waals surface area contributed by atoms with Gasteiger partial charge in [-0.2, -0.15) is 0 Å². The zero-order valence-electron chi connectivity index (χ0n) is 17.0. The number of ether oxygens (including phenoxy) is 1. The van der Waals surface area contributed by atoms with Gasteiger partial charge in [0.05, 0.1) is 7.11 Å². The Morgan fingerprint density at radius 1 is 1.24 bits per heavy atom. The maximum atomic E-state index is 12.8. The molecule has 154 valence electrons. The molecule has 0 aromatic carbocycles. The van der Waals surface area contributed by atoms with Crippen LogP contribution < -0.4 is 10.1 Å². The Labute approximate surface area is 170 Å². The number of hydrogen-bond donors (Lipinski definition) is 1. The Bertz CT molecular complexity index is 909. The first-order valence-corrected chi connectivity index (χ1v) is 10.5. The van der Waals surface area contributed by atoms with Crippen LogP contribution in [0.15, 0.2) is 16.5 Å². The minimum absolute atomic E-state index is 0.0771. The van der Waals surface area contributed by atoms with Crippen LogP contribution in [-0.2, 0) is 4.79 Å². The summed E-state index contributed by atoms with van der Waals surface area (Å²) in [4.78, 5) is 19.3. The fourth-order valence-corrected chi connectivity index (χ4v) is 4.17. The van der Waals surface area contributed by atoms with Crippen molar-refractivity contribution in [3.63, 3.8) is 0 Å². The number of nitrogens with one attached hydrogen (secondary N) is 1. The van der Waals surface area contributed by atoms with Crippen molar-refractivity contribution in [1.29, 1.82) is 0 Å². The van der Waals surface area contributed by atoms with Crippen LogP contribution >= 0.6 is 0 Å². The minimum atomic E-state index is -0.422. The van der Waals surface area contributed by atoms with Crippen molar-refractivity contribution >= 4 is 11.9 Å². The summed E-state index contributed by atoms with van der Waals surface area (Å²) in [5.41, 5.74) is 2.25. The van der Waals surface area contributed by atoms with E-state index in [9.17, 15) is 4.79 Å². The van der Waals surface area contributed by atoms with Gasteiger partial charge in [-0.15, -0.1) is 5.10 Å². The topological polar surface area (TPSA) is 93.4 Å². The first-order chi connectivity index (χ1) is 14.1. The number of rotatable bonds is 6. The number of carbonyl (C=O) groups is 1. The number of methoxy groups -OCH3 is 1. The van der Waals surface area contributed by atoms with Crippen LogP contribution in [0, 0.1) is 5.41 Å². The number of nitrogens with zero attached hydrogens (tertiary/aromatic N) is 4. The Morgan fingerprint density at radius 2 is 2.00 bits per heavy atom. The van der Waals surface area contributed by atoms with Gasteiger partial charge in [-0.05, 0) is 63.0 Å². The highest BCUT2D eigenvalue weighted by atomic mass is 16.5. The minimum Gasteiger partial charge on any atom is -0.480 e. The Morgan fingerprint density at radius 3 is 2.66 bits per heavy atom. The SMILES string of the molecule is COc1nc(C2CC2)ccc1-c1nnc(N[C@H](C)C(=O)N2CCC3(CC2)CC3)o1. The van der Waals surface area contributed by atoms with Crippen LogP contribution in [0.2, 0.25) is 0 Å². The van der Waals surface area contributed by atoms with Crippen molar-refractivity contribution in [2.75, 3.05) is 25.5 Å². The van der Waals surface area contributed by atoms with Gasteiger partial charge >= 0.3 is 6.01 Å². The Balaban J connectivity index is 1.24. The fraction of sp³-hybridized carbons (Fsp3) is 0.619. The molecule has 0 bridgehead atoms. The summed E-state index contributed by atoms with van der Waals surface area (Å²) in [5.74, 6) is 1.42. The van der Waals surface area contributed by atoms with Crippen molar-refractivity contribution in [2.45, 2.75) is 57.4 Å². The van der Waals surface area contributed by atoms with Gasteiger partial charge in [0.1, 0.15) is 11.6 Å². The molecule has 3 heterocycles. The average Bonchev–Trinajstić information content (AvgIpc) is 3.68. The van der Waals surface area contributed by atoms with Gasteiger partial charge in [0.2, 0.25) is 11.8 Å². The summed E-state index contributed by atoms with van der Waals surface area (Å²) in [6.07, 6.45) is 7.25. The second-order valence-corrected chi connectivity index (χ2v) is 8.67. The number of anilines is 1. The van der Waals surface area contributed by atoms with E-state index in [1.807, 2.05) is 24.0 Å². The maximum Gasteiger partial charge on any atom is 0.316 e. The number of likely N-dealkylation sites (tertiary alicyclic amines) is 1. The number of carbonyl (C=O) groups excluding carboxylic acids is 1. The molecule has 1 saturated heterocycles. The quantitative estimate of drug-likeness (QED) is 0.800. The van der Waals surface area contributed by atoms with Gasteiger partial charge in [0.25, 0.3) is 5.89 Å². The molecule has 8 heteroatoms. The molecule has 1 amide bonds. The molecule has 2 saturated carbocycles. The van der Waals surface area contributed by atoms with Crippen molar-refractivity contribution in [3.05, 3.63) is 17.8 Å². The van der Waals surface area contributed by atoms with Crippen LogP contribution in [0.25, 0.3) is 11.5 Å². The van der Waals surface area contributed by atoms with E-state index in [0.717, 1.165) is 31.6 Å². The molecule has 5 rings (SSSR count). The number of amides is 1. The van der Waals surface area contributed by atoms with Crippen molar-refractivity contribution < 1.29 is 13.9 Å². The van der Waals surface area contributed by atoms with Crippen LogP contribution in [0.1, 0.15) is 57.1 Å². The summed E-state index contributed by atoms with van der Waals surface area (Å²) in [6, 6.07) is 3.70. The first kappa shape index (κ1) is 18.4. The van der Waals surface area contributed by atoms with Crippen LogP contribution in [0.3, 0.4) is 0 Å². The molecule has 1 atom stereocenters.